The van der Waals surface area contributed by atoms with Crippen molar-refractivity contribution in [1.82, 2.24) is 0 Å². The van der Waals surface area contributed by atoms with Gasteiger partial charge in [-0.15, -0.1) is 88.5 Å². The quantitative estimate of drug-likeness (QED) is 0.170. The average molecular weight is 499 g/mol. The number of benzene rings is 3. The summed E-state index contributed by atoms with van der Waals surface area (Å²) >= 11 is 2.63. The second-order valence-corrected chi connectivity index (χ2v) is 6.39. The zero-order valence-corrected chi connectivity index (χ0v) is 20.6. The van der Waals surface area contributed by atoms with Crippen molar-refractivity contribution in [2.75, 3.05) is 0 Å². The molecule has 0 spiro atoms. The van der Waals surface area contributed by atoms with Crippen LogP contribution in [0.5, 0.6) is 0 Å². The van der Waals surface area contributed by atoms with Gasteiger partial charge in [0.15, 0.2) is 16.3 Å². The first kappa shape index (κ1) is 26.9. The van der Waals surface area contributed by atoms with E-state index < -0.39 is 0 Å². The molecule has 4 heteroatoms. The number of rotatable bonds is 0. The minimum atomic E-state index is 0. The number of fused-ring (bicyclic) bond motifs is 2. The maximum Gasteiger partial charge on any atom is 2.00 e. The molecule has 0 aliphatic rings. The standard InChI is InChI=1S/2C9H7.C6H5.Al.2ClH.Zr/c2*1-2-5-9-7-3-6-8(9)4-1;1-2-4-6-5-3-1;;;;/h2*1-7H;1-5H;;2*1H;/q2*-1;;;;;+2. The maximum absolute atomic E-state index is 2.63. The molecular formula is C24H21AlCl2Zr. The van der Waals surface area contributed by atoms with Crippen molar-refractivity contribution >= 4 is 67.1 Å². The Morgan fingerprint density at radius 1 is 0.500 bits per heavy atom. The first-order valence-corrected chi connectivity index (χ1v) is 8.92. The minimum Gasteiger partial charge on any atom is -0.168 e. The van der Waals surface area contributed by atoms with Crippen molar-refractivity contribution in [3.05, 3.63) is 115 Å². The zero-order chi connectivity index (χ0) is 17.3. The van der Waals surface area contributed by atoms with Crippen LogP contribution in [0.15, 0.2) is 115 Å². The fourth-order valence-corrected chi connectivity index (χ4v) is 2.82. The smallest absolute Gasteiger partial charge is 0.168 e. The predicted molar refractivity (Wildman–Crippen MR) is 125 cm³/mol. The van der Waals surface area contributed by atoms with Gasteiger partial charge in [-0.3, -0.25) is 0 Å². The van der Waals surface area contributed by atoms with E-state index >= 15 is 0 Å². The van der Waals surface area contributed by atoms with Crippen molar-refractivity contribution in [1.29, 1.82) is 0 Å². The fourth-order valence-electron chi connectivity index (χ4n) is 2.59. The third-order valence-electron chi connectivity index (χ3n) is 3.89. The fraction of sp³-hybridized carbons (Fsp3) is 0. The van der Waals surface area contributed by atoms with Gasteiger partial charge in [-0.2, -0.15) is 35.0 Å². The number of hydrogen-bond acceptors (Lipinski definition) is 0. The van der Waals surface area contributed by atoms with Crippen LogP contribution in [0.4, 0.5) is 0 Å². The third kappa shape index (κ3) is 8.49. The molecule has 2 radical (unpaired) electrons. The molecule has 0 nitrogen and oxygen atoms in total. The topological polar surface area (TPSA) is 0 Å². The second kappa shape index (κ2) is 14.8. The Balaban J connectivity index is 0.000000374. The molecule has 0 aliphatic heterocycles. The van der Waals surface area contributed by atoms with Crippen LogP contribution in [0.3, 0.4) is 0 Å². The molecule has 0 N–H and O–H groups in total. The molecule has 0 aromatic heterocycles. The van der Waals surface area contributed by atoms with Gasteiger partial charge in [0.25, 0.3) is 0 Å². The SMILES string of the molecule is Cl.Cl.[Al][c]1ccccc1.[Zr+2].c1ccc2[cH-]ccc2c1.c1ccc2[cH-]ccc2c1. The van der Waals surface area contributed by atoms with Crippen LogP contribution in [0.25, 0.3) is 21.5 Å². The Morgan fingerprint density at radius 3 is 1.25 bits per heavy atom. The maximum atomic E-state index is 2.63. The van der Waals surface area contributed by atoms with E-state index in [-0.39, 0.29) is 51.0 Å². The summed E-state index contributed by atoms with van der Waals surface area (Å²) in [5.41, 5.74) is 0. The summed E-state index contributed by atoms with van der Waals surface area (Å²) in [6, 6.07) is 39.5. The molecule has 28 heavy (non-hydrogen) atoms. The van der Waals surface area contributed by atoms with Gasteiger partial charge < -0.3 is 0 Å². The van der Waals surface area contributed by atoms with Crippen LogP contribution < -0.4 is 4.43 Å². The van der Waals surface area contributed by atoms with Gasteiger partial charge in [0.05, 0.1) is 0 Å². The van der Waals surface area contributed by atoms with Gasteiger partial charge in [0.2, 0.25) is 0 Å². The summed E-state index contributed by atoms with van der Waals surface area (Å²) in [4.78, 5) is 0. The predicted octanol–water partition coefficient (Wildman–Crippen LogP) is 6.44. The van der Waals surface area contributed by atoms with Crippen molar-refractivity contribution in [2.24, 2.45) is 0 Å². The van der Waals surface area contributed by atoms with Gasteiger partial charge in [-0.1, -0.05) is 42.5 Å². The van der Waals surface area contributed by atoms with E-state index in [0.717, 1.165) is 0 Å². The molecule has 5 rings (SSSR count). The van der Waals surface area contributed by atoms with Crippen molar-refractivity contribution in [3.63, 3.8) is 0 Å². The first-order chi connectivity index (χ1) is 12.3. The van der Waals surface area contributed by atoms with Crippen LogP contribution in [0.2, 0.25) is 0 Å². The van der Waals surface area contributed by atoms with E-state index in [2.05, 4.69) is 101 Å². The molecule has 0 bridgehead atoms. The summed E-state index contributed by atoms with van der Waals surface area (Å²) in [6.07, 6.45) is 0. The summed E-state index contributed by atoms with van der Waals surface area (Å²) in [5.74, 6) is 0. The van der Waals surface area contributed by atoms with Crippen LogP contribution in [-0.4, -0.2) is 16.3 Å². The average Bonchev–Trinajstić information content (AvgIpc) is 3.32. The second-order valence-electron chi connectivity index (χ2n) is 5.72. The molecule has 0 heterocycles. The monoisotopic (exact) mass is 496 g/mol. The third-order valence-corrected chi connectivity index (χ3v) is 4.28. The Kier molecular flexibility index (Phi) is 14.2. The van der Waals surface area contributed by atoms with Gasteiger partial charge >= 0.3 is 26.2 Å². The molecule has 5 aromatic rings. The molecule has 0 unspecified atom stereocenters. The summed E-state index contributed by atoms with van der Waals surface area (Å²) in [7, 11) is 0. The summed E-state index contributed by atoms with van der Waals surface area (Å²) in [5, 5.41) is 5.32. The molecule has 0 atom stereocenters. The van der Waals surface area contributed by atoms with E-state index in [1.165, 1.54) is 26.0 Å². The molecule has 0 saturated carbocycles. The minimum absolute atomic E-state index is 0. The molecule has 0 fully saturated rings. The van der Waals surface area contributed by atoms with Gasteiger partial charge in [0, 0.05) is 0 Å². The summed E-state index contributed by atoms with van der Waals surface area (Å²) in [6.45, 7) is 0. The van der Waals surface area contributed by atoms with Crippen molar-refractivity contribution in [3.8, 4) is 0 Å². The molecule has 0 aliphatic carbocycles. The van der Waals surface area contributed by atoms with Gasteiger partial charge in [-0.25, -0.2) is 0 Å². The molecule has 5 aromatic carbocycles. The largest absolute Gasteiger partial charge is 2.00 e. The zero-order valence-electron chi connectivity index (χ0n) is 15.4. The van der Waals surface area contributed by atoms with Crippen LogP contribution in [-0.2, 0) is 26.2 Å². The first-order valence-electron chi connectivity index (χ1n) is 8.34. The molecule has 0 saturated heterocycles. The van der Waals surface area contributed by atoms with E-state index in [4.69, 9.17) is 0 Å². The normalized spacial score (nSPS) is 8.71. The van der Waals surface area contributed by atoms with Crippen molar-refractivity contribution in [2.45, 2.75) is 0 Å². The van der Waals surface area contributed by atoms with E-state index in [1.54, 1.807) is 0 Å². The molecule has 0 amide bonds. The van der Waals surface area contributed by atoms with Crippen LogP contribution >= 0.6 is 24.8 Å². The number of halogens is 2. The van der Waals surface area contributed by atoms with E-state index in [0.29, 0.717) is 0 Å². The van der Waals surface area contributed by atoms with Crippen LogP contribution in [0.1, 0.15) is 0 Å². The van der Waals surface area contributed by atoms with Crippen molar-refractivity contribution < 1.29 is 26.2 Å². The Hall–Kier alpha value is -1.12. The summed E-state index contributed by atoms with van der Waals surface area (Å²) < 4.78 is 1.24. The van der Waals surface area contributed by atoms with Gasteiger partial charge in [-0.05, 0) is 0 Å². The Labute approximate surface area is 207 Å². The Morgan fingerprint density at radius 2 is 0.893 bits per heavy atom. The number of hydrogen-bond donors (Lipinski definition) is 0. The molecular weight excluding hydrogens is 477 g/mol. The Bertz CT molecular complexity index is 896. The van der Waals surface area contributed by atoms with E-state index in [1.807, 2.05) is 30.3 Å². The molecule has 138 valence electrons. The van der Waals surface area contributed by atoms with Crippen LogP contribution in [0, 0.1) is 0 Å². The van der Waals surface area contributed by atoms with E-state index in [9.17, 15) is 0 Å². The van der Waals surface area contributed by atoms with Gasteiger partial charge in [0.1, 0.15) is 0 Å².